The number of thioether (sulfide) groups is 1. The van der Waals surface area contributed by atoms with Crippen molar-refractivity contribution in [3.8, 4) is 0 Å². The van der Waals surface area contributed by atoms with E-state index in [0.717, 1.165) is 53.0 Å². The molecule has 8 nitrogen and oxygen atoms in total. The van der Waals surface area contributed by atoms with Gasteiger partial charge in [0.2, 0.25) is 0 Å². The van der Waals surface area contributed by atoms with Gasteiger partial charge in [-0.2, -0.15) is 11.8 Å². The van der Waals surface area contributed by atoms with E-state index in [1.165, 1.54) is 11.3 Å². The second-order valence-corrected chi connectivity index (χ2v) is 9.59. The van der Waals surface area contributed by atoms with Crippen LogP contribution in [-0.4, -0.2) is 36.2 Å². The summed E-state index contributed by atoms with van der Waals surface area (Å²) in [6.45, 7) is 0. The zero-order valence-corrected chi connectivity index (χ0v) is 15.5. The van der Waals surface area contributed by atoms with E-state index in [-0.39, 0.29) is 10.5 Å². The van der Waals surface area contributed by atoms with Crippen LogP contribution in [0.15, 0.2) is 23.1 Å². The number of thiazole rings is 1. The molecular formula is C14H13N3O5S3. The van der Waals surface area contributed by atoms with Crippen LogP contribution in [0, 0.1) is 10.1 Å². The molecule has 0 unspecified atom stereocenters. The molecule has 0 fully saturated rings. The first-order valence-corrected chi connectivity index (χ1v) is 11.0. The summed E-state index contributed by atoms with van der Waals surface area (Å²) in [5.74, 6) is 1.19. The first-order valence-electron chi connectivity index (χ1n) is 7.11. The van der Waals surface area contributed by atoms with Gasteiger partial charge in [0.25, 0.3) is 11.6 Å². The lowest BCUT2D eigenvalue weighted by Crippen LogP contribution is -2.13. The molecule has 1 aliphatic rings. The number of benzene rings is 1. The van der Waals surface area contributed by atoms with Crippen LogP contribution in [0.5, 0.6) is 0 Å². The van der Waals surface area contributed by atoms with E-state index >= 15 is 0 Å². The van der Waals surface area contributed by atoms with E-state index in [0.29, 0.717) is 5.13 Å². The van der Waals surface area contributed by atoms with Crippen LogP contribution >= 0.6 is 23.1 Å². The molecule has 2 aromatic rings. The first-order chi connectivity index (χ1) is 11.7. The lowest BCUT2D eigenvalue weighted by Gasteiger charge is -2.06. The Balaban J connectivity index is 1.92. The molecule has 0 radical (unpaired) electrons. The normalized spacial score (nSPS) is 14.0. The number of carbonyl (C=O) groups excluding carboxylic acids is 1. The smallest absolute Gasteiger partial charge is 0.271 e. The average molecular weight is 399 g/mol. The van der Waals surface area contributed by atoms with E-state index in [2.05, 4.69) is 10.3 Å². The Bertz CT molecular complexity index is 945. The number of fused-ring (bicyclic) bond motifs is 1. The van der Waals surface area contributed by atoms with E-state index in [1.54, 1.807) is 11.8 Å². The minimum Gasteiger partial charge on any atom is -0.298 e. The molecule has 0 bridgehead atoms. The summed E-state index contributed by atoms with van der Waals surface area (Å²) in [6.07, 6.45) is 1.77. The summed E-state index contributed by atoms with van der Waals surface area (Å²) >= 11 is 3.15. The van der Waals surface area contributed by atoms with Gasteiger partial charge in [0.15, 0.2) is 15.0 Å². The van der Waals surface area contributed by atoms with Gasteiger partial charge in [0, 0.05) is 34.6 Å². The molecule has 0 aliphatic carbocycles. The molecule has 3 rings (SSSR count). The largest absolute Gasteiger partial charge is 0.298 e. The molecule has 1 amide bonds. The fraction of sp³-hybridized carbons (Fsp3) is 0.286. The molecule has 132 valence electrons. The van der Waals surface area contributed by atoms with Crippen molar-refractivity contribution in [1.29, 1.82) is 0 Å². The highest BCUT2D eigenvalue weighted by Crippen LogP contribution is 2.32. The number of aromatic nitrogens is 1. The number of nitrogens with zero attached hydrogens (tertiary/aromatic N) is 2. The Morgan fingerprint density at radius 3 is 2.76 bits per heavy atom. The minimum absolute atomic E-state index is 0.0998. The summed E-state index contributed by atoms with van der Waals surface area (Å²) in [4.78, 5) is 27.9. The maximum Gasteiger partial charge on any atom is 0.271 e. The quantitative estimate of drug-likeness (QED) is 0.619. The zero-order chi connectivity index (χ0) is 18.2. The molecule has 1 aromatic heterocycles. The predicted octanol–water partition coefficient (Wildman–Crippen LogP) is 2.50. The fourth-order valence-electron chi connectivity index (χ4n) is 2.28. The number of rotatable bonds is 4. The van der Waals surface area contributed by atoms with Gasteiger partial charge in [-0.25, -0.2) is 13.4 Å². The molecule has 0 atom stereocenters. The molecule has 1 aromatic carbocycles. The van der Waals surface area contributed by atoms with Gasteiger partial charge in [0.05, 0.1) is 15.5 Å². The van der Waals surface area contributed by atoms with Gasteiger partial charge in [-0.05, 0) is 18.2 Å². The Kier molecular flexibility index (Phi) is 4.80. The number of hydrogen-bond donors (Lipinski definition) is 1. The number of nitrogens with one attached hydrogen (secondary N) is 1. The predicted molar refractivity (Wildman–Crippen MR) is 96.1 cm³/mol. The monoisotopic (exact) mass is 399 g/mol. The molecule has 1 aliphatic heterocycles. The summed E-state index contributed by atoms with van der Waals surface area (Å²) in [6, 6.07) is 3.11. The highest BCUT2D eigenvalue weighted by molar-refractivity contribution is 7.98. The standard InChI is InChI=1S/C14H13N3O5S3/c1-25(21,22)10-5-8(4-9(6-10)17(19)20)13(18)16-14-15-11-2-3-23-7-12(11)24-14/h4-6H,2-3,7H2,1H3,(H,15,16,18). The maximum atomic E-state index is 12.4. The Hall–Kier alpha value is -1.98. The number of aryl methyl sites for hydroxylation is 1. The van der Waals surface area contributed by atoms with Crippen molar-refractivity contribution in [2.75, 3.05) is 17.3 Å². The number of nitro groups is 1. The summed E-state index contributed by atoms with van der Waals surface area (Å²) in [5, 5.41) is 14.0. The van der Waals surface area contributed by atoms with E-state index in [4.69, 9.17) is 0 Å². The summed E-state index contributed by atoms with van der Waals surface area (Å²) < 4.78 is 23.4. The van der Waals surface area contributed by atoms with Crippen molar-refractivity contribution in [2.45, 2.75) is 17.1 Å². The van der Waals surface area contributed by atoms with Crippen LogP contribution in [0.4, 0.5) is 10.8 Å². The number of non-ortho nitro benzene ring substituents is 1. The van der Waals surface area contributed by atoms with Gasteiger partial charge >= 0.3 is 0 Å². The second-order valence-electron chi connectivity index (χ2n) is 5.39. The molecule has 11 heteroatoms. The van der Waals surface area contributed by atoms with Gasteiger partial charge in [0.1, 0.15) is 0 Å². The lowest BCUT2D eigenvalue weighted by atomic mass is 10.2. The van der Waals surface area contributed by atoms with Crippen LogP contribution in [0.25, 0.3) is 0 Å². The maximum absolute atomic E-state index is 12.4. The zero-order valence-electron chi connectivity index (χ0n) is 13.0. The Morgan fingerprint density at radius 2 is 2.12 bits per heavy atom. The van der Waals surface area contributed by atoms with Crippen molar-refractivity contribution >= 4 is 49.7 Å². The second kappa shape index (κ2) is 6.73. The molecule has 1 N–H and O–H groups in total. The molecule has 2 heterocycles. The summed E-state index contributed by atoms with van der Waals surface area (Å²) in [7, 11) is -3.69. The third-order valence-corrected chi connectivity index (χ3v) is 6.78. The average Bonchev–Trinajstić information content (AvgIpc) is 2.95. The number of amides is 1. The topological polar surface area (TPSA) is 119 Å². The highest BCUT2D eigenvalue weighted by atomic mass is 32.2. The van der Waals surface area contributed by atoms with Crippen LogP contribution < -0.4 is 5.32 Å². The van der Waals surface area contributed by atoms with Gasteiger partial charge < -0.3 is 0 Å². The number of sulfone groups is 1. The molecule has 0 saturated carbocycles. The van der Waals surface area contributed by atoms with Crippen LogP contribution in [-0.2, 0) is 22.0 Å². The molecule has 25 heavy (non-hydrogen) atoms. The van der Waals surface area contributed by atoms with E-state index in [9.17, 15) is 23.3 Å². The van der Waals surface area contributed by atoms with Crippen LogP contribution in [0.2, 0.25) is 0 Å². The van der Waals surface area contributed by atoms with Crippen LogP contribution in [0.3, 0.4) is 0 Å². The Morgan fingerprint density at radius 1 is 1.36 bits per heavy atom. The van der Waals surface area contributed by atoms with Gasteiger partial charge in [-0.15, -0.1) is 11.3 Å². The Labute approximate surface area is 151 Å². The van der Waals surface area contributed by atoms with Crippen molar-refractivity contribution in [3.63, 3.8) is 0 Å². The molecule has 0 saturated heterocycles. The van der Waals surface area contributed by atoms with E-state index in [1.807, 2.05) is 0 Å². The van der Waals surface area contributed by atoms with Crippen molar-refractivity contribution in [1.82, 2.24) is 4.98 Å². The first kappa shape index (κ1) is 17.8. The fourth-order valence-corrected chi connectivity index (χ4v) is 5.08. The third-order valence-electron chi connectivity index (χ3n) is 3.51. The highest BCUT2D eigenvalue weighted by Gasteiger charge is 2.21. The summed E-state index contributed by atoms with van der Waals surface area (Å²) in [5.41, 5.74) is 0.398. The SMILES string of the molecule is CS(=O)(=O)c1cc(C(=O)Nc2nc3c(s2)CSCC3)cc([N+](=O)[O-])c1. The van der Waals surface area contributed by atoms with E-state index < -0.39 is 26.4 Å². The van der Waals surface area contributed by atoms with Crippen molar-refractivity contribution in [3.05, 3.63) is 44.4 Å². The number of hydrogen-bond acceptors (Lipinski definition) is 8. The number of carbonyl (C=O) groups is 1. The van der Waals surface area contributed by atoms with Crippen LogP contribution in [0.1, 0.15) is 20.9 Å². The molecular weight excluding hydrogens is 386 g/mol. The number of anilines is 1. The third kappa shape index (κ3) is 3.99. The van der Waals surface area contributed by atoms with Crippen molar-refractivity contribution < 1.29 is 18.1 Å². The lowest BCUT2D eigenvalue weighted by molar-refractivity contribution is -0.385. The molecule has 0 spiro atoms. The van der Waals surface area contributed by atoms with Gasteiger partial charge in [-0.1, -0.05) is 0 Å². The minimum atomic E-state index is -3.69. The number of nitro benzene ring substituents is 1. The van der Waals surface area contributed by atoms with Gasteiger partial charge in [-0.3, -0.25) is 20.2 Å². The van der Waals surface area contributed by atoms with Crippen molar-refractivity contribution in [2.24, 2.45) is 0 Å².